The molecule has 26 heavy (non-hydrogen) atoms. The second kappa shape index (κ2) is 7.21. The van der Waals surface area contributed by atoms with Gasteiger partial charge in [-0.1, -0.05) is 30.0 Å². The van der Waals surface area contributed by atoms with Crippen molar-refractivity contribution < 1.29 is 4.79 Å². The summed E-state index contributed by atoms with van der Waals surface area (Å²) >= 11 is 4.61. The molecular formula is C17H19N5OS3. The normalized spacial score (nSPS) is 14.1. The number of hydrogen-bond acceptors (Lipinski definition) is 8. The molecule has 0 aliphatic heterocycles. The molecule has 3 heterocycles. The lowest BCUT2D eigenvalue weighted by Gasteiger charge is -2.06. The van der Waals surface area contributed by atoms with Gasteiger partial charge in [-0.05, 0) is 38.7 Å². The summed E-state index contributed by atoms with van der Waals surface area (Å²) in [5, 5.41) is 14.3. The molecule has 0 spiro atoms. The highest BCUT2D eigenvalue weighted by molar-refractivity contribution is 8.00. The second-order valence-corrected chi connectivity index (χ2v) is 9.55. The van der Waals surface area contributed by atoms with Gasteiger partial charge < -0.3 is 0 Å². The van der Waals surface area contributed by atoms with Gasteiger partial charge >= 0.3 is 0 Å². The summed E-state index contributed by atoms with van der Waals surface area (Å²) in [7, 11) is 0. The first-order valence-electron chi connectivity index (χ1n) is 8.57. The summed E-state index contributed by atoms with van der Waals surface area (Å²) < 4.78 is 0. The quantitative estimate of drug-likeness (QED) is 0.486. The van der Waals surface area contributed by atoms with Crippen molar-refractivity contribution >= 4 is 55.7 Å². The Kier molecular flexibility index (Phi) is 4.94. The van der Waals surface area contributed by atoms with Crippen LogP contribution in [0.25, 0.3) is 10.2 Å². The van der Waals surface area contributed by atoms with Crippen LogP contribution in [0.5, 0.6) is 0 Å². The average Bonchev–Trinajstić information content (AvgIpc) is 3.32. The Labute approximate surface area is 163 Å². The summed E-state index contributed by atoms with van der Waals surface area (Å²) in [5.74, 6) is 1.63. The van der Waals surface area contributed by atoms with Crippen molar-refractivity contribution in [3.63, 3.8) is 0 Å². The van der Waals surface area contributed by atoms with Gasteiger partial charge in [-0.2, -0.15) is 0 Å². The molecule has 0 bridgehead atoms. The Morgan fingerprint density at radius 2 is 2.04 bits per heavy atom. The van der Waals surface area contributed by atoms with E-state index in [0.717, 1.165) is 45.3 Å². The Balaban J connectivity index is 1.53. The number of thioether (sulfide) groups is 1. The molecule has 4 rings (SSSR count). The molecule has 9 heteroatoms. The van der Waals surface area contributed by atoms with Crippen LogP contribution in [0.4, 0.5) is 5.13 Å². The number of aryl methyl sites for hydroxylation is 3. The highest BCUT2D eigenvalue weighted by Gasteiger charge is 2.28. The molecule has 0 aromatic carbocycles. The maximum atomic E-state index is 12.3. The van der Waals surface area contributed by atoms with Gasteiger partial charge in [-0.25, -0.2) is 9.97 Å². The fourth-order valence-electron chi connectivity index (χ4n) is 2.59. The molecule has 1 aliphatic carbocycles. The number of carbonyl (C=O) groups is 1. The topological polar surface area (TPSA) is 80.7 Å². The number of nitrogens with zero attached hydrogens (tertiary/aromatic N) is 4. The van der Waals surface area contributed by atoms with Gasteiger partial charge in [-0.15, -0.1) is 21.5 Å². The van der Waals surface area contributed by atoms with Gasteiger partial charge in [-0.3, -0.25) is 10.1 Å². The van der Waals surface area contributed by atoms with Gasteiger partial charge in [0.1, 0.15) is 20.7 Å². The first-order valence-corrected chi connectivity index (χ1v) is 11.2. The lowest BCUT2D eigenvalue weighted by atomic mass is 10.2. The predicted molar refractivity (Wildman–Crippen MR) is 108 cm³/mol. The van der Waals surface area contributed by atoms with Crippen molar-refractivity contribution in [1.82, 2.24) is 20.2 Å². The molecule has 136 valence electrons. The van der Waals surface area contributed by atoms with E-state index >= 15 is 0 Å². The molecule has 3 aromatic rings. The second-order valence-electron chi connectivity index (χ2n) is 6.32. The van der Waals surface area contributed by atoms with Crippen molar-refractivity contribution in [3.8, 4) is 0 Å². The number of fused-ring (bicyclic) bond motifs is 1. The molecule has 1 aliphatic rings. The molecule has 1 amide bonds. The Morgan fingerprint density at radius 3 is 2.73 bits per heavy atom. The minimum Gasteiger partial charge on any atom is -0.300 e. The van der Waals surface area contributed by atoms with Gasteiger partial charge in [0, 0.05) is 16.2 Å². The molecular weight excluding hydrogens is 386 g/mol. The van der Waals surface area contributed by atoms with E-state index in [1.807, 2.05) is 6.92 Å². The average molecular weight is 406 g/mol. The minimum atomic E-state index is -0.0851. The van der Waals surface area contributed by atoms with E-state index in [9.17, 15) is 4.79 Å². The number of anilines is 1. The summed E-state index contributed by atoms with van der Waals surface area (Å²) in [6.07, 6.45) is 3.15. The van der Waals surface area contributed by atoms with Crippen molar-refractivity contribution in [2.75, 3.05) is 11.1 Å². The lowest BCUT2D eigenvalue weighted by molar-refractivity contribution is -0.113. The van der Waals surface area contributed by atoms with Crippen LogP contribution in [0.3, 0.4) is 0 Å². The number of carbonyl (C=O) groups excluding carboxylic acids is 1. The van der Waals surface area contributed by atoms with Crippen LogP contribution in [0.2, 0.25) is 0 Å². The molecule has 0 saturated heterocycles. The summed E-state index contributed by atoms with van der Waals surface area (Å²) in [6.45, 7) is 6.23. The summed E-state index contributed by atoms with van der Waals surface area (Å²) in [6, 6.07) is 0. The van der Waals surface area contributed by atoms with E-state index in [-0.39, 0.29) is 5.91 Å². The largest absolute Gasteiger partial charge is 0.300 e. The Hall–Kier alpha value is -1.58. The van der Waals surface area contributed by atoms with Gasteiger partial charge in [0.05, 0.1) is 5.75 Å². The zero-order valence-electron chi connectivity index (χ0n) is 14.8. The van der Waals surface area contributed by atoms with Gasteiger partial charge in [0.25, 0.3) is 0 Å². The van der Waals surface area contributed by atoms with Crippen LogP contribution in [-0.4, -0.2) is 31.8 Å². The maximum absolute atomic E-state index is 12.3. The standard InChI is InChI=1S/C17H19N5OS3/c1-4-12-21-22-17(26-12)18-11(23)7-24-15-13-8(2)9(3)25-16(13)20-14(19-15)10-5-6-10/h10H,4-7H2,1-3H3,(H,18,22,23). The van der Waals surface area contributed by atoms with Crippen LogP contribution in [-0.2, 0) is 11.2 Å². The molecule has 0 unspecified atom stereocenters. The van der Waals surface area contributed by atoms with E-state index in [4.69, 9.17) is 9.97 Å². The number of amides is 1. The summed E-state index contributed by atoms with van der Waals surface area (Å²) in [4.78, 5) is 24.2. The zero-order valence-corrected chi connectivity index (χ0v) is 17.3. The van der Waals surface area contributed by atoms with E-state index in [1.165, 1.54) is 33.5 Å². The first kappa shape index (κ1) is 17.8. The van der Waals surface area contributed by atoms with Crippen LogP contribution in [0.15, 0.2) is 5.03 Å². The van der Waals surface area contributed by atoms with Crippen molar-refractivity contribution in [2.45, 2.75) is 51.0 Å². The molecule has 3 aromatic heterocycles. The van der Waals surface area contributed by atoms with E-state index in [0.29, 0.717) is 16.8 Å². The smallest absolute Gasteiger partial charge is 0.236 e. The molecule has 0 radical (unpaired) electrons. The maximum Gasteiger partial charge on any atom is 0.236 e. The van der Waals surface area contributed by atoms with E-state index in [1.54, 1.807) is 11.3 Å². The number of rotatable bonds is 6. The predicted octanol–water partition coefficient (Wildman–Crippen LogP) is 4.33. The number of aromatic nitrogens is 4. The van der Waals surface area contributed by atoms with Crippen molar-refractivity contribution in [3.05, 3.63) is 21.3 Å². The van der Waals surface area contributed by atoms with Crippen LogP contribution in [0, 0.1) is 13.8 Å². The third-order valence-corrected chi connectivity index (χ3v) is 7.37. The van der Waals surface area contributed by atoms with Crippen LogP contribution < -0.4 is 5.32 Å². The monoisotopic (exact) mass is 405 g/mol. The summed E-state index contributed by atoms with van der Waals surface area (Å²) in [5.41, 5.74) is 1.21. The number of nitrogens with one attached hydrogen (secondary N) is 1. The Bertz CT molecular complexity index is 976. The third-order valence-electron chi connectivity index (χ3n) is 4.31. The van der Waals surface area contributed by atoms with Crippen LogP contribution >= 0.6 is 34.4 Å². The number of thiophene rings is 1. The van der Waals surface area contributed by atoms with Crippen molar-refractivity contribution in [2.24, 2.45) is 0 Å². The lowest BCUT2D eigenvalue weighted by Crippen LogP contribution is -2.14. The molecule has 1 saturated carbocycles. The van der Waals surface area contributed by atoms with Gasteiger partial charge in [0.15, 0.2) is 0 Å². The zero-order chi connectivity index (χ0) is 18.3. The highest BCUT2D eigenvalue weighted by Crippen LogP contribution is 2.42. The molecule has 6 nitrogen and oxygen atoms in total. The van der Waals surface area contributed by atoms with Gasteiger partial charge in [0.2, 0.25) is 11.0 Å². The van der Waals surface area contributed by atoms with Crippen molar-refractivity contribution in [1.29, 1.82) is 0 Å². The Morgan fingerprint density at radius 1 is 1.23 bits per heavy atom. The molecule has 0 atom stereocenters. The fourth-order valence-corrected chi connectivity index (χ4v) is 5.28. The van der Waals surface area contributed by atoms with E-state index in [2.05, 4.69) is 29.4 Å². The van der Waals surface area contributed by atoms with E-state index < -0.39 is 0 Å². The molecule has 1 fully saturated rings. The minimum absolute atomic E-state index is 0.0851. The number of hydrogen-bond donors (Lipinski definition) is 1. The fraction of sp³-hybridized carbons (Fsp3) is 0.471. The first-order chi connectivity index (χ1) is 12.5. The highest BCUT2D eigenvalue weighted by atomic mass is 32.2. The molecule has 1 N–H and O–H groups in total. The third kappa shape index (κ3) is 3.60. The van der Waals surface area contributed by atoms with Crippen LogP contribution in [0.1, 0.15) is 47.0 Å². The SMILES string of the molecule is CCc1nnc(NC(=O)CSc2nc(C3CC3)nc3sc(C)c(C)c23)s1.